The average molecular weight is 377 g/mol. The van der Waals surface area contributed by atoms with Crippen LogP contribution in [-0.2, 0) is 10.0 Å². The van der Waals surface area contributed by atoms with Crippen LogP contribution in [0.5, 0.6) is 5.75 Å². The van der Waals surface area contributed by atoms with Crippen molar-refractivity contribution in [2.45, 2.75) is 0 Å². The summed E-state index contributed by atoms with van der Waals surface area (Å²) in [6.07, 6.45) is 2.43. The number of halogens is 2. The molecule has 10 heteroatoms. The van der Waals surface area contributed by atoms with Gasteiger partial charge in [0, 0.05) is 13.1 Å². The van der Waals surface area contributed by atoms with Crippen molar-refractivity contribution in [1.82, 2.24) is 9.97 Å². The van der Waals surface area contributed by atoms with Gasteiger partial charge in [0.2, 0.25) is 15.3 Å². The molecule has 0 saturated carbocycles. The zero-order chi connectivity index (χ0) is 17.2. The zero-order valence-corrected chi connectivity index (χ0v) is 14.9. The van der Waals surface area contributed by atoms with E-state index in [4.69, 9.17) is 27.9 Å². The lowest BCUT2D eigenvalue weighted by Gasteiger charge is -2.23. The Balaban J connectivity index is 2.57. The molecule has 0 amide bonds. The maximum atomic E-state index is 11.6. The topological polar surface area (TPSA) is 84.4 Å². The Bertz CT molecular complexity index is 830. The number of benzene rings is 1. The largest absolute Gasteiger partial charge is 0.497 e. The Labute approximate surface area is 144 Å². The number of nitrogens with zero attached hydrogens (tertiary/aromatic N) is 3. The first-order valence-corrected chi connectivity index (χ1v) is 8.93. The number of anilines is 3. The van der Waals surface area contributed by atoms with Crippen LogP contribution in [0.25, 0.3) is 0 Å². The Morgan fingerprint density at radius 2 is 2.00 bits per heavy atom. The molecule has 0 saturated heterocycles. The summed E-state index contributed by atoms with van der Waals surface area (Å²) in [6, 6.07) is 4.88. The lowest BCUT2D eigenvalue weighted by Crippen LogP contribution is -2.17. The minimum absolute atomic E-state index is 0.0248. The molecule has 1 aromatic carbocycles. The van der Waals surface area contributed by atoms with Gasteiger partial charge in [-0.15, -0.1) is 0 Å². The van der Waals surface area contributed by atoms with Gasteiger partial charge in [-0.3, -0.25) is 4.72 Å². The fourth-order valence-corrected chi connectivity index (χ4v) is 2.81. The molecule has 23 heavy (non-hydrogen) atoms. The Kier molecular flexibility index (Phi) is 5.18. The molecule has 7 nitrogen and oxygen atoms in total. The summed E-state index contributed by atoms with van der Waals surface area (Å²) in [5.41, 5.74) is 0.841. The fraction of sp³-hybridized carbons (Fsp3) is 0.231. The predicted octanol–water partition coefficient (Wildman–Crippen LogP) is 2.93. The molecule has 0 radical (unpaired) electrons. The molecule has 1 heterocycles. The second-order valence-electron chi connectivity index (χ2n) is 4.63. The number of aromatic nitrogens is 2. The third-order valence-corrected chi connectivity index (χ3v) is 3.91. The number of hydrogen-bond acceptors (Lipinski definition) is 6. The smallest absolute Gasteiger partial charge is 0.229 e. The van der Waals surface area contributed by atoms with Gasteiger partial charge >= 0.3 is 0 Å². The molecular weight excluding hydrogens is 363 g/mol. The highest BCUT2D eigenvalue weighted by Crippen LogP contribution is 2.36. The molecule has 0 spiro atoms. The minimum atomic E-state index is -3.46. The molecule has 0 aliphatic carbocycles. The highest BCUT2D eigenvalue weighted by atomic mass is 35.5. The average Bonchev–Trinajstić information content (AvgIpc) is 2.48. The van der Waals surface area contributed by atoms with Crippen LogP contribution in [0, 0.1) is 0 Å². The van der Waals surface area contributed by atoms with Gasteiger partial charge < -0.3 is 9.64 Å². The van der Waals surface area contributed by atoms with Crippen molar-refractivity contribution in [2.75, 3.05) is 30.0 Å². The zero-order valence-electron chi connectivity index (χ0n) is 12.5. The number of hydrogen-bond donors (Lipinski definition) is 1. The molecule has 0 atom stereocenters. The van der Waals surface area contributed by atoms with E-state index < -0.39 is 10.0 Å². The quantitative estimate of drug-likeness (QED) is 0.807. The second kappa shape index (κ2) is 6.77. The highest BCUT2D eigenvalue weighted by Gasteiger charge is 2.17. The van der Waals surface area contributed by atoms with Crippen LogP contribution in [0.3, 0.4) is 0 Å². The molecule has 0 fully saturated rings. The summed E-state index contributed by atoms with van der Waals surface area (Å²) in [4.78, 5) is 9.45. The van der Waals surface area contributed by atoms with Gasteiger partial charge in [-0.2, -0.15) is 4.98 Å². The SMILES string of the molecule is COc1ccc(NS(C)(=O)=O)c(N(C)c2nc(Cl)ncc2Cl)c1. The first-order chi connectivity index (χ1) is 10.7. The summed E-state index contributed by atoms with van der Waals surface area (Å²) in [7, 11) is -0.278. The van der Waals surface area contributed by atoms with Gasteiger partial charge in [0.05, 0.1) is 30.9 Å². The van der Waals surface area contributed by atoms with Gasteiger partial charge in [-0.25, -0.2) is 13.4 Å². The van der Waals surface area contributed by atoms with E-state index in [1.54, 1.807) is 30.1 Å². The van der Waals surface area contributed by atoms with Gasteiger partial charge in [0.15, 0.2) is 5.82 Å². The number of ether oxygens (including phenoxy) is 1. The van der Waals surface area contributed by atoms with Crippen LogP contribution in [-0.4, -0.2) is 38.8 Å². The molecule has 0 aliphatic heterocycles. The van der Waals surface area contributed by atoms with E-state index in [0.29, 0.717) is 22.9 Å². The third-order valence-electron chi connectivity index (χ3n) is 2.88. The standard InChI is InChI=1S/C13H14Cl2N4O3S/c1-19(12-9(14)7-16-13(15)17-12)11-6-8(22-2)4-5-10(11)18-23(3,20)21/h4-7,18H,1-3H3. The normalized spacial score (nSPS) is 11.2. The summed E-state index contributed by atoms with van der Waals surface area (Å²) < 4.78 is 30.7. The molecule has 0 bridgehead atoms. The molecule has 124 valence electrons. The van der Waals surface area contributed by atoms with Gasteiger partial charge in [0.1, 0.15) is 10.8 Å². The third kappa shape index (κ3) is 4.37. The van der Waals surface area contributed by atoms with E-state index in [0.717, 1.165) is 6.26 Å². The first-order valence-electron chi connectivity index (χ1n) is 6.29. The molecule has 0 aliphatic rings. The van der Waals surface area contributed by atoms with E-state index in [1.807, 2.05) is 0 Å². The molecule has 0 unspecified atom stereocenters. The number of sulfonamides is 1. The molecular formula is C13H14Cl2N4O3S. The van der Waals surface area contributed by atoms with Gasteiger partial charge in [-0.05, 0) is 23.7 Å². The van der Waals surface area contributed by atoms with Crippen LogP contribution in [0.4, 0.5) is 17.2 Å². The summed E-state index contributed by atoms with van der Waals surface area (Å²) in [5, 5.41) is 0.293. The number of rotatable bonds is 5. The van der Waals surface area contributed by atoms with Crippen molar-refractivity contribution in [3.63, 3.8) is 0 Å². The van der Waals surface area contributed by atoms with Crippen molar-refractivity contribution in [3.05, 3.63) is 34.7 Å². The summed E-state index contributed by atoms with van der Waals surface area (Å²) in [6.45, 7) is 0. The van der Waals surface area contributed by atoms with Crippen molar-refractivity contribution < 1.29 is 13.2 Å². The first kappa shape index (κ1) is 17.6. The maximum absolute atomic E-state index is 11.6. The van der Waals surface area contributed by atoms with E-state index in [9.17, 15) is 8.42 Å². The van der Waals surface area contributed by atoms with Crippen LogP contribution in [0.15, 0.2) is 24.4 Å². The van der Waals surface area contributed by atoms with E-state index >= 15 is 0 Å². The van der Waals surface area contributed by atoms with E-state index in [1.165, 1.54) is 13.3 Å². The summed E-state index contributed by atoms with van der Waals surface area (Å²) >= 11 is 11.9. The molecule has 1 aromatic heterocycles. The Morgan fingerprint density at radius 1 is 1.30 bits per heavy atom. The van der Waals surface area contributed by atoms with Gasteiger partial charge in [0.25, 0.3) is 0 Å². The van der Waals surface area contributed by atoms with E-state index in [2.05, 4.69) is 14.7 Å². The maximum Gasteiger partial charge on any atom is 0.229 e. The fourth-order valence-electron chi connectivity index (χ4n) is 1.89. The lowest BCUT2D eigenvalue weighted by molar-refractivity contribution is 0.415. The second-order valence-corrected chi connectivity index (χ2v) is 7.12. The number of nitrogens with one attached hydrogen (secondary N) is 1. The minimum Gasteiger partial charge on any atom is -0.497 e. The van der Waals surface area contributed by atoms with Crippen LogP contribution < -0.4 is 14.4 Å². The Morgan fingerprint density at radius 3 is 2.61 bits per heavy atom. The van der Waals surface area contributed by atoms with Crippen LogP contribution in [0.1, 0.15) is 0 Å². The van der Waals surface area contributed by atoms with Crippen molar-refractivity contribution in [3.8, 4) is 5.75 Å². The van der Waals surface area contributed by atoms with Gasteiger partial charge in [-0.1, -0.05) is 11.6 Å². The van der Waals surface area contributed by atoms with Crippen LogP contribution >= 0.6 is 23.2 Å². The lowest BCUT2D eigenvalue weighted by atomic mass is 10.2. The highest BCUT2D eigenvalue weighted by molar-refractivity contribution is 7.92. The van der Waals surface area contributed by atoms with Crippen molar-refractivity contribution in [2.24, 2.45) is 0 Å². The number of methoxy groups -OCH3 is 1. The molecule has 2 aromatic rings. The van der Waals surface area contributed by atoms with Crippen molar-refractivity contribution in [1.29, 1.82) is 0 Å². The van der Waals surface area contributed by atoms with Crippen LogP contribution in [0.2, 0.25) is 10.3 Å². The molecule has 1 N–H and O–H groups in total. The molecule has 2 rings (SSSR count). The monoisotopic (exact) mass is 376 g/mol. The summed E-state index contributed by atoms with van der Waals surface area (Å²) in [5.74, 6) is 0.874. The predicted molar refractivity (Wildman–Crippen MR) is 91.6 cm³/mol. The Hall–Kier alpha value is -1.77. The van der Waals surface area contributed by atoms with Crippen molar-refractivity contribution >= 4 is 50.4 Å². The van der Waals surface area contributed by atoms with E-state index in [-0.39, 0.29) is 10.3 Å².